The molecule has 2 rings (SSSR count). The summed E-state index contributed by atoms with van der Waals surface area (Å²) in [5, 5.41) is 6.97. The number of carbonyl (C=O) groups excluding carboxylic acids is 1. The van der Waals surface area contributed by atoms with Crippen molar-refractivity contribution in [3.8, 4) is 0 Å². The molecule has 2 aromatic rings. The van der Waals surface area contributed by atoms with Crippen LogP contribution < -0.4 is 10.6 Å². The summed E-state index contributed by atoms with van der Waals surface area (Å²) in [6.45, 7) is 1.96. The van der Waals surface area contributed by atoms with Crippen LogP contribution in [-0.2, 0) is 4.79 Å². The van der Waals surface area contributed by atoms with Gasteiger partial charge in [-0.15, -0.1) is 0 Å². The Balaban J connectivity index is 2.03. The van der Waals surface area contributed by atoms with Gasteiger partial charge < -0.3 is 10.6 Å². The summed E-state index contributed by atoms with van der Waals surface area (Å²) in [7, 11) is 0. The van der Waals surface area contributed by atoms with E-state index in [2.05, 4.69) is 15.6 Å². The maximum Gasteiger partial charge on any atom is 0.224 e. The summed E-state index contributed by atoms with van der Waals surface area (Å²) < 4.78 is 0. The first-order valence-electron chi connectivity index (χ1n) is 6.56. The second-order valence-corrected chi connectivity index (χ2v) is 5.32. The first-order chi connectivity index (χ1) is 10.1. The van der Waals surface area contributed by atoms with Crippen molar-refractivity contribution in [3.63, 3.8) is 0 Å². The Morgan fingerprint density at radius 1 is 1.24 bits per heavy atom. The Labute approximate surface area is 133 Å². The molecular formula is C15H15Cl2N3O. The molecule has 1 aromatic heterocycles. The normalized spacial score (nSPS) is 10.2. The molecule has 2 N–H and O–H groups in total. The molecule has 6 heteroatoms. The zero-order chi connectivity index (χ0) is 15.2. The lowest BCUT2D eigenvalue weighted by Gasteiger charge is -2.09. The van der Waals surface area contributed by atoms with Gasteiger partial charge in [-0.25, -0.2) is 4.98 Å². The van der Waals surface area contributed by atoms with Crippen molar-refractivity contribution in [1.29, 1.82) is 0 Å². The monoisotopic (exact) mass is 323 g/mol. The van der Waals surface area contributed by atoms with Crippen LogP contribution in [0.1, 0.15) is 19.8 Å². The lowest BCUT2D eigenvalue weighted by Crippen LogP contribution is -2.10. The van der Waals surface area contributed by atoms with Crippen molar-refractivity contribution in [2.75, 3.05) is 10.6 Å². The number of nitrogens with zero attached hydrogens (tertiary/aromatic N) is 1. The van der Waals surface area contributed by atoms with Gasteiger partial charge in [-0.3, -0.25) is 4.79 Å². The fraction of sp³-hybridized carbons (Fsp3) is 0.200. The Bertz CT molecular complexity index is 629. The molecule has 0 aliphatic rings. The Kier molecular flexibility index (Phi) is 5.42. The summed E-state index contributed by atoms with van der Waals surface area (Å²) in [5.41, 5.74) is 1.39. The SMILES string of the molecule is CCCC(=O)Nc1ccc(Nc2ccc(Cl)cc2Cl)nc1. The predicted octanol–water partition coefficient (Wildman–Crippen LogP) is 4.87. The highest BCUT2D eigenvalue weighted by Crippen LogP contribution is 2.27. The number of halogens is 2. The predicted molar refractivity (Wildman–Crippen MR) is 87.5 cm³/mol. The molecule has 4 nitrogen and oxygen atoms in total. The van der Waals surface area contributed by atoms with E-state index in [0.29, 0.717) is 28.0 Å². The Morgan fingerprint density at radius 3 is 2.67 bits per heavy atom. The van der Waals surface area contributed by atoms with Crippen molar-refractivity contribution < 1.29 is 4.79 Å². The third kappa shape index (κ3) is 4.62. The van der Waals surface area contributed by atoms with Gasteiger partial charge in [-0.1, -0.05) is 30.1 Å². The topological polar surface area (TPSA) is 54.0 Å². The molecule has 0 saturated carbocycles. The molecule has 0 atom stereocenters. The molecule has 0 aliphatic heterocycles. The lowest BCUT2D eigenvalue weighted by atomic mass is 10.3. The molecular weight excluding hydrogens is 309 g/mol. The number of amides is 1. The number of carbonyl (C=O) groups is 1. The molecule has 0 unspecified atom stereocenters. The van der Waals surface area contributed by atoms with Gasteiger partial charge in [0.15, 0.2) is 0 Å². The molecule has 0 bridgehead atoms. The third-order valence-corrected chi connectivity index (χ3v) is 3.27. The average Bonchev–Trinajstić information content (AvgIpc) is 2.44. The van der Waals surface area contributed by atoms with Gasteiger partial charge in [0.2, 0.25) is 5.91 Å². The van der Waals surface area contributed by atoms with Crippen molar-refractivity contribution in [2.24, 2.45) is 0 Å². The van der Waals surface area contributed by atoms with E-state index in [-0.39, 0.29) is 5.91 Å². The van der Waals surface area contributed by atoms with Crippen molar-refractivity contribution >= 4 is 46.3 Å². The molecule has 1 amide bonds. The highest BCUT2D eigenvalue weighted by molar-refractivity contribution is 6.36. The van der Waals surface area contributed by atoms with Crippen LogP contribution >= 0.6 is 23.2 Å². The van der Waals surface area contributed by atoms with E-state index < -0.39 is 0 Å². The van der Waals surface area contributed by atoms with Crippen LogP contribution in [0.4, 0.5) is 17.2 Å². The first-order valence-corrected chi connectivity index (χ1v) is 7.32. The van der Waals surface area contributed by atoms with E-state index in [1.807, 2.05) is 6.92 Å². The standard InChI is InChI=1S/C15H15Cl2N3O/c1-2-3-15(21)19-11-5-7-14(18-9-11)20-13-6-4-10(16)8-12(13)17/h4-9H,2-3H2,1H3,(H,18,20)(H,19,21). The maximum atomic E-state index is 11.5. The average molecular weight is 324 g/mol. The zero-order valence-corrected chi connectivity index (χ0v) is 13.0. The number of nitrogens with one attached hydrogen (secondary N) is 2. The number of aromatic nitrogens is 1. The molecule has 1 heterocycles. The smallest absolute Gasteiger partial charge is 0.224 e. The van der Waals surface area contributed by atoms with Crippen molar-refractivity contribution in [3.05, 3.63) is 46.6 Å². The minimum absolute atomic E-state index is 0.0132. The number of hydrogen-bond acceptors (Lipinski definition) is 3. The molecule has 1 aromatic carbocycles. The number of anilines is 3. The number of rotatable bonds is 5. The summed E-state index contributed by atoms with van der Waals surface area (Å²) in [5.74, 6) is 0.619. The van der Waals surface area contributed by atoms with Crippen molar-refractivity contribution in [1.82, 2.24) is 4.98 Å². The van der Waals surface area contributed by atoms with E-state index in [4.69, 9.17) is 23.2 Å². The van der Waals surface area contributed by atoms with Gasteiger partial charge >= 0.3 is 0 Å². The highest BCUT2D eigenvalue weighted by atomic mass is 35.5. The van der Waals surface area contributed by atoms with Crippen LogP contribution in [0.5, 0.6) is 0 Å². The molecule has 0 spiro atoms. The number of pyridine rings is 1. The maximum absolute atomic E-state index is 11.5. The van der Waals surface area contributed by atoms with Gasteiger partial charge in [-0.2, -0.15) is 0 Å². The number of benzene rings is 1. The molecule has 110 valence electrons. The molecule has 0 radical (unpaired) electrons. The second-order valence-electron chi connectivity index (χ2n) is 4.48. The summed E-state index contributed by atoms with van der Waals surface area (Å²) in [4.78, 5) is 15.7. The minimum atomic E-state index is -0.0132. The molecule has 0 aliphatic carbocycles. The van der Waals surface area contributed by atoms with E-state index in [0.717, 1.165) is 12.1 Å². The molecule has 0 saturated heterocycles. The van der Waals surface area contributed by atoms with Crippen molar-refractivity contribution in [2.45, 2.75) is 19.8 Å². The largest absolute Gasteiger partial charge is 0.339 e. The van der Waals surface area contributed by atoms with Crippen LogP contribution in [0, 0.1) is 0 Å². The highest BCUT2D eigenvalue weighted by Gasteiger charge is 2.04. The Morgan fingerprint density at radius 2 is 2.05 bits per heavy atom. The third-order valence-electron chi connectivity index (χ3n) is 2.72. The quantitative estimate of drug-likeness (QED) is 0.825. The summed E-state index contributed by atoms with van der Waals surface area (Å²) in [6.07, 6.45) is 2.91. The van der Waals surface area contributed by atoms with Crippen LogP contribution in [0.15, 0.2) is 36.5 Å². The fourth-order valence-corrected chi connectivity index (χ4v) is 2.18. The van der Waals surface area contributed by atoms with Gasteiger partial charge in [0, 0.05) is 11.4 Å². The fourth-order valence-electron chi connectivity index (χ4n) is 1.72. The van der Waals surface area contributed by atoms with Gasteiger partial charge in [0.05, 0.1) is 22.6 Å². The van der Waals surface area contributed by atoms with E-state index >= 15 is 0 Å². The first kappa shape index (κ1) is 15.6. The second kappa shape index (κ2) is 7.29. The molecule has 0 fully saturated rings. The van der Waals surface area contributed by atoms with Crippen LogP contribution in [-0.4, -0.2) is 10.9 Å². The summed E-state index contributed by atoms with van der Waals surface area (Å²) >= 11 is 11.9. The van der Waals surface area contributed by atoms with E-state index in [9.17, 15) is 4.79 Å². The molecule has 21 heavy (non-hydrogen) atoms. The number of hydrogen-bond donors (Lipinski definition) is 2. The van der Waals surface area contributed by atoms with E-state index in [1.165, 1.54) is 0 Å². The van der Waals surface area contributed by atoms with Crippen LogP contribution in [0.2, 0.25) is 10.0 Å². The van der Waals surface area contributed by atoms with Gasteiger partial charge in [0.25, 0.3) is 0 Å². The zero-order valence-electron chi connectivity index (χ0n) is 11.5. The van der Waals surface area contributed by atoms with Gasteiger partial charge in [0.1, 0.15) is 5.82 Å². The minimum Gasteiger partial charge on any atom is -0.339 e. The lowest BCUT2D eigenvalue weighted by molar-refractivity contribution is -0.116. The van der Waals surface area contributed by atoms with Gasteiger partial charge in [-0.05, 0) is 36.8 Å². The van der Waals surface area contributed by atoms with Crippen LogP contribution in [0.25, 0.3) is 0 Å². The Hall–Kier alpha value is -1.78. The van der Waals surface area contributed by atoms with E-state index in [1.54, 1.807) is 36.5 Å². The summed E-state index contributed by atoms with van der Waals surface area (Å²) in [6, 6.07) is 8.74. The van der Waals surface area contributed by atoms with Crippen LogP contribution in [0.3, 0.4) is 0 Å².